The maximum atomic E-state index is 9.01. The third-order valence-electron chi connectivity index (χ3n) is 4.25. The molecule has 0 saturated heterocycles. The molecule has 2 nitrogen and oxygen atoms in total. The second kappa shape index (κ2) is 4.69. The van der Waals surface area contributed by atoms with Crippen LogP contribution in [0.15, 0.2) is 18.2 Å². The standard InChI is InChI=1S/C15H21NO/c17-9-7-12-4-5-14-6-8-16(15(14)10-12)11-13-2-1-3-13/h4-5,10,13,17H,1-3,6-9,11H2. The van der Waals surface area contributed by atoms with Crippen LogP contribution in [0.4, 0.5) is 5.69 Å². The van der Waals surface area contributed by atoms with Gasteiger partial charge >= 0.3 is 0 Å². The van der Waals surface area contributed by atoms with Crippen LogP contribution in [-0.2, 0) is 12.8 Å². The Kier molecular flexibility index (Phi) is 3.06. The van der Waals surface area contributed by atoms with Crippen LogP contribution < -0.4 is 4.90 Å². The number of hydrogen-bond donors (Lipinski definition) is 1. The number of rotatable bonds is 4. The molecule has 1 fully saturated rings. The average Bonchev–Trinajstić information content (AvgIpc) is 2.67. The van der Waals surface area contributed by atoms with E-state index in [1.807, 2.05) is 0 Å². The molecule has 2 aliphatic rings. The summed E-state index contributed by atoms with van der Waals surface area (Å²) in [7, 11) is 0. The lowest BCUT2D eigenvalue weighted by Crippen LogP contribution is -2.31. The first-order valence-electron chi connectivity index (χ1n) is 6.84. The van der Waals surface area contributed by atoms with Gasteiger partial charge in [-0.15, -0.1) is 0 Å². The largest absolute Gasteiger partial charge is 0.396 e. The quantitative estimate of drug-likeness (QED) is 0.860. The Hall–Kier alpha value is -1.02. The van der Waals surface area contributed by atoms with Crippen molar-refractivity contribution in [3.05, 3.63) is 29.3 Å². The molecule has 1 aliphatic heterocycles. The molecule has 92 valence electrons. The first kappa shape index (κ1) is 11.1. The number of hydrogen-bond acceptors (Lipinski definition) is 2. The van der Waals surface area contributed by atoms with Crippen molar-refractivity contribution in [1.82, 2.24) is 0 Å². The van der Waals surface area contributed by atoms with Crippen molar-refractivity contribution < 1.29 is 5.11 Å². The molecule has 1 aromatic rings. The highest BCUT2D eigenvalue weighted by atomic mass is 16.2. The van der Waals surface area contributed by atoms with Crippen molar-refractivity contribution >= 4 is 5.69 Å². The molecule has 17 heavy (non-hydrogen) atoms. The maximum absolute atomic E-state index is 9.01. The Morgan fingerprint density at radius 2 is 2.18 bits per heavy atom. The van der Waals surface area contributed by atoms with E-state index in [4.69, 9.17) is 5.11 Å². The number of anilines is 1. The Bertz CT molecular complexity index is 398. The fourth-order valence-electron chi connectivity index (χ4n) is 2.95. The fraction of sp³-hybridized carbons (Fsp3) is 0.600. The molecule has 0 amide bonds. The Labute approximate surface area is 103 Å². The molecule has 0 unspecified atom stereocenters. The number of fused-ring (bicyclic) bond motifs is 1. The van der Waals surface area contributed by atoms with Gasteiger partial charge in [0.05, 0.1) is 0 Å². The number of benzene rings is 1. The van der Waals surface area contributed by atoms with E-state index in [1.165, 1.54) is 55.6 Å². The SMILES string of the molecule is OCCc1ccc2c(c1)N(CC1CCC1)CC2. The fourth-order valence-corrected chi connectivity index (χ4v) is 2.95. The highest BCUT2D eigenvalue weighted by Crippen LogP contribution is 2.34. The predicted octanol–water partition coefficient (Wildman–Crippen LogP) is 2.38. The van der Waals surface area contributed by atoms with E-state index in [-0.39, 0.29) is 6.61 Å². The molecule has 0 atom stereocenters. The van der Waals surface area contributed by atoms with Crippen LogP contribution in [0, 0.1) is 5.92 Å². The van der Waals surface area contributed by atoms with E-state index >= 15 is 0 Å². The molecule has 2 heteroatoms. The van der Waals surface area contributed by atoms with Crippen molar-refractivity contribution in [1.29, 1.82) is 0 Å². The van der Waals surface area contributed by atoms with Crippen LogP contribution in [0.2, 0.25) is 0 Å². The lowest BCUT2D eigenvalue weighted by Gasteiger charge is -2.31. The molecule has 1 saturated carbocycles. The predicted molar refractivity (Wildman–Crippen MR) is 70.5 cm³/mol. The van der Waals surface area contributed by atoms with E-state index in [0.29, 0.717) is 0 Å². The minimum atomic E-state index is 0.251. The maximum Gasteiger partial charge on any atom is 0.0471 e. The van der Waals surface area contributed by atoms with Gasteiger partial charge in [-0.25, -0.2) is 0 Å². The van der Waals surface area contributed by atoms with Gasteiger partial charge in [0.25, 0.3) is 0 Å². The van der Waals surface area contributed by atoms with Crippen LogP contribution in [0.5, 0.6) is 0 Å². The second-order valence-corrected chi connectivity index (χ2v) is 5.43. The van der Waals surface area contributed by atoms with Crippen molar-refractivity contribution in [2.24, 2.45) is 5.92 Å². The van der Waals surface area contributed by atoms with Crippen molar-refractivity contribution in [2.45, 2.75) is 32.1 Å². The lowest BCUT2D eigenvalue weighted by molar-refractivity contribution is 0.299. The molecule has 1 N–H and O–H groups in total. The number of aliphatic hydroxyl groups is 1. The van der Waals surface area contributed by atoms with Gasteiger partial charge in [0, 0.05) is 25.4 Å². The third-order valence-corrected chi connectivity index (χ3v) is 4.25. The summed E-state index contributed by atoms with van der Waals surface area (Å²) in [6, 6.07) is 6.71. The van der Waals surface area contributed by atoms with Crippen molar-refractivity contribution in [3.63, 3.8) is 0 Å². The molecular weight excluding hydrogens is 210 g/mol. The third kappa shape index (κ3) is 2.19. The van der Waals surface area contributed by atoms with E-state index in [0.717, 1.165) is 12.3 Å². The molecule has 1 aromatic carbocycles. The normalized spacial score (nSPS) is 19.2. The molecule has 0 spiro atoms. The van der Waals surface area contributed by atoms with E-state index in [9.17, 15) is 0 Å². The lowest BCUT2D eigenvalue weighted by atomic mass is 9.85. The van der Waals surface area contributed by atoms with Gasteiger partial charge in [-0.2, -0.15) is 0 Å². The van der Waals surface area contributed by atoms with Crippen LogP contribution in [-0.4, -0.2) is 24.8 Å². The van der Waals surface area contributed by atoms with Gasteiger partial charge in [-0.1, -0.05) is 18.6 Å². The summed E-state index contributed by atoms with van der Waals surface area (Å²) in [4.78, 5) is 2.56. The first-order valence-corrected chi connectivity index (χ1v) is 6.84. The summed E-state index contributed by atoms with van der Waals surface area (Å²) in [6.07, 6.45) is 6.24. The summed E-state index contributed by atoms with van der Waals surface area (Å²) in [5.74, 6) is 0.933. The Morgan fingerprint density at radius 1 is 1.29 bits per heavy atom. The summed E-state index contributed by atoms with van der Waals surface area (Å²) in [5.41, 5.74) is 4.20. The van der Waals surface area contributed by atoms with E-state index < -0.39 is 0 Å². The smallest absolute Gasteiger partial charge is 0.0471 e. The summed E-state index contributed by atoms with van der Waals surface area (Å²) in [6.45, 7) is 2.69. The number of nitrogens with zero attached hydrogens (tertiary/aromatic N) is 1. The van der Waals surface area contributed by atoms with Crippen LogP contribution >= 0.6 is 0 Å². The molecule has 0 aromatic heterocycles. The van der Waals surface area contributed by atoms with Gasteiger partial charge < -0.3 is 10.0 Å². The Morgan fingerprint density at radius 3 is 2.88 bits per heavy atom. The van der Waals surface area contributed by atoms with Crippen molar-refractivity contribution in [3.8, 4) is 0 Å². The average molecular weight is 231 g/mol. The summed E-state index contributed by atoms with van der Waals surface area (Å²) >= 11 is 0. The van der Waals surface area contributed by atoms with E-state index in [1.54, 1.807) is 0 Å². The highest BCUT2D eigenvalue weighted by molar-refractivity contribution is 5.59. The topological polar surface area (TPSA) is 23.5 Å². The summed E-state index contributed by atoms with van der Waals surface area (Å²) in [5, 5.41) is 9.01. The minimum Gasteiger partial charge on any atom is -0.396 e. The van der Waals surface area contributed by atoms with Crippen LogP contribution in [0.25, 0.3) is 0 Å². The zero-order chi connectivity index (χ0) is 11.7. The zero-order valence-electron chi connectivity index (χ0n) is 10.4. The van der Waals surface area contributed by atoms with Gasteiger partial charge in [-0.05, 0) is 48.8 Å². The second-order valence-electron chi connectivity index (χ2n) is 5.43. The number of aliphatic hydroxyl groups excluding tert-OH is 1. The van der Waals surface area contributed by atoms with Gasteiger partial charge in [0.15, 0.2) is 0 Å². The highest BCUT2D eigenvalue weighted by Gasteiger charge is 2.25. The van der Waals surface area contributed by atoms with Crippen LogP contribution in [0.3, 0.4) is 0 Å². The monoisotopic (exact) mass is 231 g/mol. The van der Waals surface area contributed by atoms with Crippen LogP contribution in [0.1, 0.15) is 30.4 Å². The van der Waals surface area contributed by atoms with Gasteiger partial charge in [-0.3, -0.25) is 0 Å². The molecule has 0 radical (unpaired) electrons. The zero-order valence-corrected chi connectivity index (χ0v) is 10.4. The van der Waals surface area contributed by atoms with E-state index in [2.05, 4.69) is 23.1 Å². The first-order chi connectivity index (χ1) is 8.36. The van der Waals surface area contributed by atoms with Gasteiger partial charge in [0.2, 0.25) is 0 Å². The molecule has 1 heterocycles. The molecular formula is C15H21NO. The minimum absolute atomic E-state index is 0.251. The van der Waals surface area contributed by atoms with Crippen molar-refractivity contribution in [2.75, 3.05) is 24.6 Å². The molecule has 0 bridgehead atoms. The summed E-state index contributed by atoms with van der Waals surface area (Å²) < 4.78 is 0. The van der Waals surface area contributed by atoms with Gasteiger partial charge in [0.1, 0.15) is 0 Å². The molecule has 1 aliphatic carbocycles. The Balaban J connectivity index is 1.76. The molecule has 3 rings (SSSR count).